The fraction of sp³-hybridized carbons (Fsp3) is 0.355. The molecule has 0 unspecified atom stereocenters. The monoisotopic (exact) mass is 565 g/mol. The Bertz CT molecular complexity index is 1440. The summed E-state index contributed by atoms with van der Waals surface area (Å²) in [4.78, 5) is 12.9. The van der Waals surface area contributed by atoms with Crippen LogP contribution < -0.4 is 9.73 Å². The molecule has 0 heterocycles. The Morgan fingerprint density at radius 1 is 1.00 bits per heavy atom. The SMILES string of the molecule is Cc1ccc(Cl)cc1N(Cc1ccc(C(=O)NN=C2CCC(C(C)(C)C)CC2)cc1)S(=O)(=O)c1ccccc1. The van der Waals surface area contributed by atoms with Gasteiger partial charge in [-0.2, -0.15) is 5.10 Å². The zero-order valence-corrected chi connectivity index (χ0v) is 24.5. The molecule has 1 aliphatic carbocycles. The molecular formula is C31H36ClN3O3S. The number of sulfonamides is 1. The van der Waals surface area contributed by atoms with Crippen LogP contribution in [-0.2, 0) is 16.6 Å². The molecule has 6 nitrogen and oxygen atoms in total. The van der Waals surface area contributed by atoms with E-state index in [2.05, 4.69) is 31.3 Å². The number of hydrogen-bond donors (Lipinski definition) is 1. The highest BCUT2D eigenvalue weighted by Gasteiger charge is 2.28. The van der Waals surface area contributed by atoms with E-state index in [9.17, 15) is 13.2 Å². The Morgan fingerprint density at radius 2 is 1.64 bits per heavy atom. The van der Waals surface area contributed by atoms with Crippen molar-refractivity contribution in [3.63, 3.8) is 0 Å². The Labute approximate surface area is 237 Å². The number of carbonyl (C=O) groups is 1. The Hall–Kier alpha value is -3.16. The van der Waals surface area contributed by atoms with Gasteiger partial charge in [0.05, 0.1) is 17.1 Å². The Kier molecular flexibility index (Phi) is 8.82. The van der Waals surface area contributed by atoms with Crippen LogP contribution in [0.1, 0.15) is 67.9 Å². The van der Waals surface area contributed by atoms with Crippen molar-refractivity contribution in [1.82, 2.24) is 5.43 Å². The summed E-state index contributed by atoms with van der Waals surface area (Å²) in [5.41, 5.74) is 6.49. The van der Waals surface area contributed by atoms with E-state index in [0.29, 0.717) is 22.2 Å². The maximum atomic E-state index is 13.7. The first-order valence-electron chi connectivity index (χ1n) is 13.2. The van der Waals surface area contributed by atoms with Crippen LogP contribution in [-0.4, -0.2) is 20.0 Å². The molecule has 0 radical (unpaired) electrons. The van der Waals surface area contributed by atoms with Crippen LogP contribution in [0.15, 0.2) is 82.8 Å². The number of benzene rings is 3. The summed E-state index contributed by atoms with van der Waals surface area (Å²) in [7, 11) is -3.87. The van der Waals surface area contributed by atoms with E-state index in [-0.39, 0.29) is 22.8 Å². The lowest BCUT2D eigenvalue weighted by atomic mass is 9.72. The molecule has 206 valence electrons. The highest BCUT2D eigenvalue weighted by molar-refractivity contribution is 7.92. The smallest absolute Gasteiger partial charge is 0.267 e. The average molecular weight is 566 g/mol. The molecule has 0 aromatic heterocycles. The van der Waals surface area contributed by atoms with Gasteiger partial charge >= 0.3 is 0 Å². The van der Waals surface area contributed by atoms with Crippen molar-refractivity contribution in [2.45, 2.75) is 64.8 Å². The highest BCUT2D eigenvalue weighted by atomic mass is 35.5. The van der Waals surface area contributed by atoms with Gasteiger partial charge in [-0.15, -0.1) is 0 Å². The predicted molar refractivity (Wildman–Crippen MR) is 159 cm³/mol. The number of anilines is 1. The molecule has 39 heavy (non-hydrogen) atoms. The third kappa shape index (κ3) is 7.08. The number of carbonyl (C=O) groups excluding carboxylic acids is 1. The van der Waals surface area contributed by atoms with Crippen LogP contribution in [0.25, 0.3) is 0 Å². The van der Waals surface area contributed by atoms with E-state index in [4.69, 9.17) is 11.6 Å². The van der Waals surface area contributed by atoms with Gasteiger partial charge in [-0.1, -0.05) is 68.8 Å². The summed E-state index contributed by atoms with van der Waals surface area (Å²) in [6, 6.07) is 20.4. The first kappa shape index (κ1) is 28.8. The summed E-state index contributed by atoms with van der Waals surface area (Å²) in [5.74, 6) is 0.382. The number of nitrogens with one attached hydrogen (secondary N) is 1. The third-order valence-corrected chi connectivity index (χ3v) is 9.43. The summed E-state index contributed by atoms with van der Waals surface area (Å²) < 4.78 is 28.7. The molecule has 1 fully saturated rings. The molecule has 3 aromatic rings. The summed E-state index contributed by atoms with van der Waals surface area (Å²) in [6.07, 6.45) is 3.97. The fourth-order valence-electron chi connectivity index (χ4n) is 4.92. The zero-order chi connectivity index (χ0) is 28.2. The Morgan fingerprint density at radius 3 is 2.26 bits per heavy atom. The lowest BCUT2D eigenvalue weighted by molar-refractivity contribution is 0.0954. The van der Waals surface area contributed by atoms with Gasteiger partial charge in [0, 0.05) is 16.3 Å². The summed E-state index contributed by atoms with van der Waals surface area (Å²) >= 11 is 6.25. The van der Waals surface area contributed by atoms with Gasteiger partial charge in [-0.05, 0) is 91.5 Å². The quantitative estimate of drug-likeness (QED) is 0.304. The largest absolute Gasteiger partial charge is 0.271 e. The van der Waals surface area contributed by atoms with E-state index < -0.39 is 10.0 Å². The topological polar surface area (TPSA) is 78.8 Å². The lowest BCUT2D eigenvalue weighted by Gasteiger charge is -2.34. The molecule has 8 heteroatoms. The summed E-state index contributed by atoms with van der Waals surface area (Å²) in [5, 5.41) is 4.84. The molecule has 1 aliphatic rings. The molecular weight excluding hydrogens is 530 g/mol. The van der Waals surface area contributed by atoms with Crippen molar-refractivity contribution in [2.24, 2.45) is 16.4 Å². The number of hydrazone groups is 1. The zero-order valence-electron chi connectivity index (χ0n) is 22.9. The van der Waals surface area contributed by atoms with Gasteiger partial charge in [0.2, 0.25) is 0 Å². The molecule has 1 saturated carbocycles. The first-order valence-corrected chi connectivity index (χ1v) is 15.1. The fourth-order valence-corrected chi connectivity index (χ4v) is 6.62. The van der Waals surface area contributed by atoms with Gasteiger partial charge in [-0.25, -0.2) is 13.8 Å². The van der Waals surface area contributed by atoms with Crippen LogP contribution >= 0.6 is 11.6 Å². The number of rotatable bonds is 7. The van der Waals surface area contributed by atoms with Crippen LogP contribution in [0.5, 0.6) is 0 Å². The molecule has 1 N–H and O–H groups in total. The molecule has 0 atom stereocenters. The summed E-state index contributed by atoms with van der Waals surface area (Å²) in [6.45, 7) is 8.76. The van der Waals surface area contributed by atoms with Crippen molar-refractivity contribution >= 4 is 38.9 Å². The minimum atomic E-state index is -3.87. The molecule has 0 spiro atoms. The van der Waals surface area contributed by atoms with Crippen LogP contribution in [0.3, 0.4) is 0 Å². The van der Waals surface area contributed by atoms with E-state index in [1.54, 1.807) is 72.8 Å². The minimum Gasteiger partial charge on any atom is -0.267 e. The second kappa shape index (κ2) is 11.9. The number of nitrogens with zero attached hydrogens (tertiary/aromatic N) is 2. The number of aryl methyl sites for hydroxylation is 1. The van der Waals surface area contributed by atoms with E-state index in [1.807, 2.05) is 6.92 Å². The van der Waals surface area contributed by atoms with Crippen molar-refractivity contribution in [1.29, 1.82) is 0 Å². The van der Waals surface area contributed by atoms with Crippen LogP contribution in [0.4, 0.5) is 5.69 Å². The molecule has 3 aromatic carbocycles. The second-order valence-corrected chi connectivity index (χ2v) is 13.5. The van der Waals surface area contributed by atoms with Gasteiger partial charge in [0.25, 0.3) is 15.9 Å². The van der Waals surface area contributed by atoms with Crippen LogP contribution in [0.2, 0.25) is 5.02 Å². The molecule has 1 amide bonds. The number of amides is 1. The predicted octanol–water partition coefficient (Wildman–Crippen LogP) is 7.37. The normalized spacial score (nSPS) is 16.0. The molecule has 0 aliphatic heterocycles. The number of hydrogen-bond acceptors (Lipinski definition) is 4. The minimum absolute atomic E-state index is 0.0809. The van der Waals surface area contributed by atoms with E-state index >= 15 is 0 Å². The maximum absolute atomic E-state index is 13.7. The number of halogens is 1. The second-order valence-electron chi connectivity index (χ2n) is 11.2. The molecule has 4 rings (SSSR count). The average Bonchev–Trinajstić information content (AvgIpc) is 2.92. The van der Waals surface area contributed by atoms with Crippen LogP contribution in [0, 0.1) is 18.3 Å². The van der Waals surface area contributed by atoms with Crippen molar-refractivity contribution in [3.8, 4) is 0 Å². The van der Waals surface area contributed by atoms with Crippen molar-refractivity contribution in [3.05, 3.63) is 94.5 Å². The van der Waals surface area contributed by atoms with Gasteiger partial charge < -0.3 is 0 Å². The van der Waals surface area contributed by atoms with E-state index in [0.717, 1.165) is 42.5 Å². The van der Waals surface area contributed by atoms with Gasteiger partial charge in [0.1, 0.15) is 0 Å². The standard InChI is InChI=1S/C31H36ClN3O3S/c1-22-10-17-26(32)20-29(22)35(39(37,38)28-8-6-5-7-9-28)21-23-11-13-24(14-12-23)30(36)34-33-27-18-15-25(16-19-27)31(2,3)4/h5-14,17,20,25H,15-16,18-19,21H2,1-4H3,(H,34,36). The van der Waals surface area contributed by atoms with Crippen molar-refractivity contribution < 1.29 is 13.2 Å². The highest BCUT2D eigenvalue weighted by Crippen LogP contribution is 2.37. The molecule has 0 saturated heterocycles. The maximum Gasteiger partial charge on any atom is 0.271 e. The third-order valence-electron chi connectivity index (χ3n) is 7.42. The van der Waals surface area contributed by atoms with Gasteiger partial charge in [-0.3, -0.25) is 9.10 Å². The molecule has 0 bridgehead atoms. The first-order chi connectivity index (χ1) is 18.4. The van der Waals surface area contributed by atoms with Gasteiger partial charge in [0.15, 0.2) is 0 Å². The Balaban J connectivity index is 1.50. The van der Waals surface area contributed by atoms with E-state index in [1.165, 1.54) is 4.31 Å². The van der Waals surface area contributed by atoms with Crippen molar-refractivity contribution in [2.75, 3.05) is 4.31 Å². The lowest BCUT2D eigenvalue weighted by Crippen LogP contribution is -2.31.